The van der Waals surface area contributed by atoms with Crippen molar-refractivity contribution in [1.29, 1.82) is 0 Å². The largest absolute Gasteiger partial charge is 0.423 e. The lowest BCUT2D eigenvalue weighted by atomic mass is 9.82. The molecule has 3 aliphatic rings. The van der Waals surface area contributed by atoms with Crippen molar-refractivity contribution in [1.82, 2.24) is 0 Å². The van der Waals surface area contributed by atoms with E-state index in [0.29, 0.717) is 6.42 Å². The molecule has 0 aromatic heterocycles. The van der Waals surface area contributed by atoms with E-state index in [9.17, 15) is 20.1 Å². The summed E-state index contributed by atoms with van der Waals surface area (Å²) in [6, 6.07) is 0. The van der Waals surface area contributed by atoms with Crippen molar-refractivity contribution in [3.05, 3.63) is 23.0 Å². The predicted octanol–water partition coefficient (Wildman–Crippen LogP) is 0.143. The van der Waals surface area contributed by atoms with Crippen LogP contribution in [0.5, 0.6) is 0 Å². The SMILES string of the molecule is COCC1=C2C(=C[C@@]3(C)CC[C@](O)(O3)[C@](C)(O)C[C@@H]2O)OC1=O. The van der Waals surface area contributed by atoms with Crippen molar-refractivity contribution in [2.45, 2.75) is 56.2 Å². The van der Waals surface area contributed by atoms with Crippen LogP contribution in [0.2, 0.25) is 0 Å². The zero-order valence-electron chi connectivity index (χ0n) is 13.5. The second kappa shape index (κ2) is 5.12. The van der Waals surface area contributed by atoms with Crippen LogP contribution in [0.15, 0.2) is 23.0 Å². The van der Waals surface area contributed by atoms with Crippen LogP contribution in [-0.2, 0) is 19.0 Å². The number of carbonyl (C=O) groups is 1. The van der Waals surface area contributed by atoms with Crippen LogP contribution >= 0.6 is 0 Å². The Morgan fingerprint density at radius 1 is 1.35 bits per heavy atom. The summed E-state index contributed by atoms with van der Waals surface area (Å²) in [6.07, 6.45) is 0.861. The molecule has 0 aromatic carbocycles. The van der Waals surface area contributed by atoms with Gasteiger partial charge in [-0.1, -0.05) is 0 Å². The van der Waals surface area contributed by atoms with E-state index in [-0.39, 0.29) is 36.4 Å². The highest BCUT2D eigenvalue weighted by Gasteiger charge is 2.58. The normalized spacial score (nSPS) is 43.5. The van der Waals surface area contributed by atoms with Crippen molar-refractivity contribution in [3.63, 3.8) is 0 Å². The van der Waals surface area contributed by atoms with Gasteiger partial charge in [-0.3, -0.25) is 0 Å². The number of methoxy groups -OCH3 is 1. The highest BCUT2D eigenvalue weighted by molar-refractivity contribution is 5.95. The lowest BCUT2D eigenvalue weighted by Crippen LogP contribution is -2.54. The summed E-state index contributed by atoms with van der Waals surface area (Å²) in [5, 5.41) is 32.0. The van der Waals surface area contributed by atoms with Crippen molar-refractivity contribution in [3.8, 4) is 0 Å². The minimum Gasteiger partial charge on any atom is -0.423 e. The summed E-state index contributed by atoms with van der Waals surface area (Å²) in [4.78, 5) is 12.1. The van der Waals surface area contributed by atoms with Crippen molar-refractivity contribution < 1.29 is 34.3 Å². The van der Waals surface area contributed by atoms with Crippen LogP contribution in [0.1, 0.15) is 33.1 Å². The second-order valence-corrected chi connectivity index (χ2v) is 6.92. The zero-order valence-corrected chi connectivity index (χ0v) is 13.5. The maximum absolute atomic E-state index is 12.1. The first-order valence-corrected chi connectivity index (χ1v) is 7.61. The number of aliphatic hydroxyl groups is 3. The summed E-state index contributed by atoms with van der Waals surface area (Å²) < 4.78 is 16.0. The van der Waals surface area contributed by atoms with Gasteiger partial charge in [0.1, 0.15) is 11.4 Å². The van der Waals surface area contributed by atoms with Gasteiger partial charge < -0.3 is 29.5 Å². The Morgan fingerprint density at radius 3 is 2.70 bits per heavy atom. The molecular weight excluding hydrogens is 304 g/mol. The van der Waals surface area contributed by atoms with E-state index in [1.807, 2.05) is 0 Å². The molecule has 0 radical (unpaired) electrons. The third-order valence-electron chi connectivity index (χ3n) is 4.89. The average molecular weight is 326 g/mol. The van der Waals surface area contributed by atoms with Crippen LogP contribution < -0.4 is 0 Å². The summed E-state index contributed by atoms with van der Waals surface area (Å²) in [5.74, 6) is -2.15. The van der Waals surface area contributed by atoms with E-state index >= 15 is 0 Å². The predicted molar refractivity (Wildman–Crippen MR) is 78.0 cm³/mol. The van der Waals surface area contributed by atoms with Gasteiger partial charge in [0.05, 0.1) is 23.9 Å². The van der Waals surface area contributed by atoms with Crippen molar-refractivity contribution >= 4 is 5.97 Å². The molecule has 0 spiro atoms. The Morgan fingerprint density at radius 2 is 2.04 bits per heavy atom. The van der Waals surface area contributed by atoms with Crippen LogP contribution in [0, 0.1) is 0 Å². The Hall–Kier alpha value is -1.25. The van der Waals surface area contributed by atoms with Gasteiger partial charge in [-0.05, 0) is 26.3 Å². The lowest BCUT2D eigenvalue weighted by molar-refractivity contribution is -0.297. The molecule has 3 heterocycles. The lowest BCUT2D eigenvalue weighted by Gasteiger charge is -2.39. The Labute approximate surface area is 134 Å². The third kappa shape index (κ3) is 2.53. The molecule has 0 saturated carbocycles. The van der Waals surface area contributed by atoms with E-state index < -0.39 is 29.1 Å². The first-order valence-electron chi connectivity index (χ1n) is 7.61. The minimum absolute atomic E-state index is 0.00739. The molecule has 0 aromatic rings. The van der Waals surface area contributed by atoms with Crippen molar-refractivity contribution in [2.75, 3.05) is 13.7 Å². The van der Waals surface area contributed by atoms with Gasteiger partial charge in [0.25, 0.3) is 0 Å². The summed E-state index contributed by atoms with van der Waals surface area (Å²) in [7, 11) is 1.44. The van der Waals surface area contributed by atoms with Crippen LogP contribution in [0.25, 0.3) is 0 Å². The number of carbonyl (C=O) groups excluding carboxylic acids is 1. The third-order valence-corrected chi connectivity index (χ3v) is 4.89. The van der Waals surface area contributed by atoms with E-state index in [2.05, 4.69) is 0 Å². The molecule has 7 heteroatoms. The fourth-order valence-electron chi connectivity index (χ4n) is 3.53. The maximum atomic E-state index is 12.1. The van der Waals surface area contributed by atoms with E-state index in [1.54, 1.807) is 13.0 Å². The number of aliphatic hydroxyl groups excluding tert-OH is 1. The molecule has 1 saturated heterocycles. The summed E-state index contributed by atoms with van der Waals surface area (Å²) in [5.41, 5.74) is -2.09. The first kappa shape index (κ1) is 16.6. The standard InChI is InChI=1S/C16H22O7/c1-14-4-5-16(20,23-14)15(2,19)6-10(17)12-9(8-21-3)13(18)22-11(12)7-14/h7,10,17,19-20H,4-6,8H2,1-3H3/t10-,14+,15+,16-/m0/s1. The zero-order chi connectivity index (χ0) is 17.0. The van der Waals surface area contributed by atoms with Crippen LogP contribution in [0.4, 0.5) is 0 Å². The summed E-state index contributed by atoms with van der Waals surface area (Å²) in [6.45, 7) is 3.15. The Bertz CT molecular complexity index is 606. The van der Waals surface area contributed by atoms with E-state index in [0.717, 1.165) is 0 Å². The van der Waals surface area contributed by atoms with Gasteiger partial charge in [0, 0.05) is 25.5 Å². The molecule has 0 aliphatic carbocycles. The molecular formula is C16H22O7. The van der Waals surface area contributed by atoms with Gasteiger partial charge in [-0.25, -0.2) is 4.79 Å². The number of hydrogen-bond donors (Lipinski definition) is 3. The van der Waals surface area contributed by atoms with Gasteiger partial charge in [0.15, 0.2) is 5.79 Å². The van der Waals surface area contributed by atoms with E-state index in [4.69, 9.17) is 14.2 Å². The van der Waals surface area contributed by atoms with E-state index in [1.165, 1.54) is 14.0 Å². The van der Waals surface area contributed by atoms with Gasteiger partial charge in [0.2, 0.25) is 0 Å². The first-order chi connectivity index (χ1) is 10.6. The topological polar surface area (TPSA) is 105 Å². The molecule has 128 valence electrons. The molecule has 3 rings (SSSR count). The quantitative estimate of drug-likeness (QED) is 0.620. The number of hydrogen-bond acceptors (Lipinski definition) is 7. The van der Waals surface area contributed by atoms with Gasteiger partial charge in [-0.2, -0.15) is 0 Å². The maximum Gasteiger partial charge on any atom is 0.342 e. The number of ether oxygens (including phenoxy) is 3. The number of fused-ring (bicyclic) bond motifs is 3. The van der Waals surface area contributed by atoms with Crippen LogP contribution in [-0.4, -0.2) is 58.1 Å². The molecule has 7 nitrogen and oxygen atoms in total. The molecule has 0 amide bonds. The fraction of sp³-hybridized carbons (Fsp3) is 0.688. The monoisotopic (exact) mass is 326 g/mol. The fourth-order valence-corrected chi connectivity index (χ4v) is 3.53. The van der Waals surface area contributed by atoms with Gasteiger partial charge in [-0.15, -0.1) is 0 Å². The van der Waals surface area contributed by atoms with Gasteiger partial charge >= 0.3 is 5.97 Å². The number of esters is 1. The number of rotatable bonds is 2. The summed E-state index contributed by atoms with van der Waals surface area (Å²) >= 11 is 0. The molecule has 3 aliphatic heterocycles. The second-order valence-electron chi connectivity index (χ2n) is 6.92. The molecule has 23 heavy (non-hydrogen) atoms. The Balaban J connectivity index is 2.14. The molecule has 4 atom stereocenters. The highest BCUT2D eigenvalue weighted by Crippen LogP contribution is 2.48. The highest BCUT2D eigenvalue weighted by atomic mass is 16.7. The molecule has 2 bridgehead atoms. The minimum atomic E-state index is -1.77. The molecule has 1 fully saturated rings. The molecule has 0 unspecified atom stereocenters. The van der Waals surface area contributed by atoms with Crippen molar-refractivity contribution in [2.24, 2.45) is 0 Å². The smallest absolute Gasteiger partial charge is 0.342 e. The van der Waals surface area contributed by atoms with Crippen LogP contribution in [0.3, 0.4) is 0 Å². The molecule has 3 N–H and O–H groups in total. The Kier molecular flexibility index (Phi) is 3.70. The average Bonchev–Trinajstić information content (AvgIpc) is 2.89.